The van der Waals surface area contributed by atoms with E-state index in [9.17, 15) is 9.90 Å². The molecule has 1 aromatic heterocycles. The van der Waals surface area contributed by atoms with E-state index in [0.29, 0.717) is 13.0 Å². The first-order chi connectivity index (χ1) is 12.0. The van der Waals surface area contributed by atoms with Gasteiger partial charge in [0, 0.05) is 43.8 Å². The summed E-state index contributed by atoms with van der Waals surface area (Å²) in [5.74, 6) is 0.167. The number of para-hydroxylation sites is 1. The summed E-state index contributed by atoms with van der Waals surface area (Å²) in [6, 6.07) is 8.09. The lowest BCUT2D eigenvalue weighted by molar-refractivity contribution is -0.132. The van der Waals surface area contributed by atoms with E-state index >= 15 is 0 Å². The van der Waals surface area contributed by atoms with Crippen LogP contribution in [0.2, 0.25) is 0 Å². The molecule has 1 fully saturated rings. The zero-order chi connectivity index (χ0) is 18.0. The van der Waals surface area contributed by atoms with Crippen molar-refractivity contribution in [1.29, 1.82) is 0 Å². The summed E-state index contributed by atoms with van der Waals surface area (Å²) < 4.78 is 0. The van der Waals surface area contributed by atoms with E-state index in [1.807, 2.05) is 30.0 Å². The van der Waals surface area contributed by atoms with Gasteiger partial charge in [0.05, 0.1) is 18.0 Å². The second kappa shape index (κ2) is 7.50. The van der Waals surface area contributed by atoms with Crippen molar-refractivity contribution in [1.82, 2.24) is 14.8 Å². The van der Waals surface area contributed by atoms with E-state index in [1.165, 1.54) is 0 Å². The van der Waals surface area contributed by atoms with Crippen LogP contribution >= 0.6 is 0 Å². The van der Waals surface area contributed by atoms with Crippen LogP contribution in [0.25, 0.3) is 10.9 Å². The smallest absolute Gasteiger partial charge is 0.227 e. The fourth-order valence-corrected chi connectivity index (χ4v) is 3.65. The van der Waals surface area contributed by atoms with E-state index in [2.05, 4.69) is 22.9 Å². The van der Waals surface area contributed by atoms with Crippen molar-refractivity contribution in [2.45, 2.75) is 33.3 Å². The molecule has 5 nitrogen and oxygen atoms in total. The molecular formula is C20H27N3O2. The van der Waals surface area contributed by atoms with Crippen LogP contribution in [0, 0.1) is 13.8 Å². The van der Waals surface area contributed by atoms with E-state index in [4.69, 9.17) is 0 Å². The summed E-state index contributed by atoms with van der Waals surface area (Å²) in [4.78, 5) is 21.6. The Morgan fingerprint density at radius 2 is 1.88 bits per heavy atom. The van der Waals surface area contributed by atoms with Gasteiger partial charge >= 0.3 is 0 Å². The van der Waals surface area contributed by atoms with Crippen molar-refractivity contribution < 1.29 is 9.90 Å². The molecule has 0 bridgehead atoms. The second-order valence-corrected chi connectivity index (χ2v) is 7.03. The van der Waals surface area contributed by atoms with Gasteiger partial charge in [-0.05, 0) is 38.0 Å². The van der Waals surface area contributed by atoms with Gasteiger partial charge in [-0.1, -0.05) is 18.2 Å². The normalized spacial score (nSPS) is 17.0. The van der Waals surface area contributed by atoms with Crippen LogP contribution < -0.4 is 0 Å². The fourth-order valence-electron chi connectivity index (χ4n) is 3.65. The third-order valence-electron chi connectivity index (χ3n) is 5.06. The summed E-state index contributed by atoms with van der Waals surface area (Å²) >= 11 is 0. The molecule has 0 radical (unpaired) electrons. The standard InChI is InChI=1S/C20H27N3O2/c1-14(24)13-22-8-10-23(11-9-22)20(25)12-18-15(2)17-6-4-5-7-19(17)21-16(18)3/h4-7,14,24H,8-13H2,1-3H3/t14-/m0/s1. The Bertz CT molecular complexity index is 765. The molecule has 0 saturated carbocycles. The predicted octanol–water partition coefficient (Wildman–Crippen LogP) is 1.92. The topological polar surface area (TPSA) is 56.7 Å². The molecule has 2 aromatic rings. The third kappa shape index (κ3) is 3.99. The molecule has 0 unspecified atom stereocenters. The van der Waals surface area contributed by atoms with Gasteiger partial charge in [0.15, 0.2) is 0 Å². The van der Waals surface area contributed by atoms with Crippen molar-refractivity contribution in [2.24, 2.45) is 0 Å². The van der Waals surface area contributed by atoms with Crippen LogP contribution in [0.15, 0.2) is 24.3 Å². The number of hydrogen-bond donors (Lipinski definition) is 1. The first kappa shape index (κ1) is 17.8. The number of β-amino-alcohol motifs (C(OH)–C–C–N with tert-alkyl or cyclic N) is 1. The fraction of sp³-hybridized carbons (Fsp3) is 0.500. The Morgan fingerprint density at radius 1 is 1.20 bits per heavy atom. The second-order valence-electron chi connectivity index (χ2n) is 7.03. The largest absolute Gasteiger partial charge is 0.392 e. The lowest BCUT2D eigenvalue weighted by atomic mass is 9.99. The number of aryl methyl sites for hydroxylation is 2. The molecule has 1 amide bonds. The third-order valence-corrected chi connectivity index (χ3v) is 5.06. The average molecular weight is 341 g/mol. The molecule has 1 saturated heterocycles. The number of amides is 1. The van der Waals surface area contributed by atoms with Crippen molar-refractivity contribution in [3.05, 3.63) is 41.1 Å². The highest BCUT2D eigenvalue weighted by Crippen LogP contribution is 2.23. The van der Waals surface area contributed by atoms with E-state index in [0.717, 1.165) is 53.9 Å². The molecule has 3 rings (SSSR count). The van der Waals surface area contributed by atoms with Gasteiger partial charge in [-0.2, -0.15) is 0 Å². The number of nitrogens with zero attached hydrogens (tertiary/aromatic N) is 3. The van der Waals surface area contributed by atoms with Gasteiger partial charge in [0.1, 0.15) is 0 Å². The van der Waals surface area contributed by atoms with Gasteiger partial charge < -0.3 is 10.0 Å². The molecule has 0 aliphatic carbocycles. The van der Waals surface area contributed by atoms with E-state index < -0.39 is 0 Å². The Hall–Kier alpha value is -1.98. The maximum atomic E-state index is 12.8. The lowest BCUT2D eigenvalue weighted by Gasteiger charge is -2.35. The molecule has 1 aromatic carbocycles. The number of aliphatic hydroxyl groups excluding tert-OH is 1. The van der Waals surface area contributed by atoms with Gasteiger partial charge in [-0.3, -0.25) is 14.7 Å². The molecule has 1 atom stereocenters. The number of aromatic nitrogens is 1. The highest BCUT2D eigenvalue weighted by Gasteiger charge is 2.23. The molecule has 5 heteroatoms. The summed E-state index contributed by atoms with van der Waals surface area (Å²) in [6.07, 6.45) is 0.0857. The quantitative estimate of drug-likeness (QED) is 0.923. The lowest BCUT2D eigenvalue weighted by Crippen LogP contribution is -2.50. The highest BCUT2D eigenvalue weighted by molar-refractivity contribution is 5.86. The van der Waals surface area contributed by atoms with E-state index in [-0.39, 0.29) is 12.0 Å². The Balaban J connectivity index is 1.71. The number of hydrogen-bond acceptors (Lipinski definition) is 4. The van der Waals surface area contributed by atoms with Crippen molar-refractivity contribution in [2.75, 3.05) is 32.7 Å². The predicted molar refractivity (Wildman–Crippen MR) is 99.6 cm³/mol. The molecule has 1 aliphatic heterocycles. The SMILES string of the molecule is Cc1nc2ccccc2c(C)c1CC(=O)N1CCN(C[C@H](C)O)CC1. The van der Waals surface area contributed by atoms with Gasteiger partial charge in [0.2, 0.25) is 5.91 Å². The summed E-state index contributed by atoms with van der Waals surface area (Å²) in [5.41, 5.74) is 4.14. The number of pyridine rings is 1. The van der Waals surface area contributed by atoms with Gasteiger partial charge in [-0.25, -0.2) is 0 Å². The minimum atomic E-state index is -0.323. The number of aliphatic hydroxyl groups is 1. The van der Waals surface area contributed by atoms with Crippen molar-refractivity contribution >= 4 is 16.8 Å². The summed E-state index contributed by atoms with van der Waals surface area (Å²) in [5, 5.41) is 10.6. The number of fused-ring (bicyclic) bond motifs is 1. The maximum Gasteiger partial charge on any atom is 0.227 e. The molecule has 2 heterocycles. The van der Waals surface area contributed by atoms with E-state index in [1.54, 1.807) is 6.92 Å². The van der Waals surface area contributed by atoms with Crippen molar-refractivity contribution in [3.63, 3.8) is 0 Å². The van der Waals surface area contributed by atoms with Crippen LogP contribution in [0.3, 0.4) is 0 Å². The monoisotopic (exact) mass is 341 g/mol. The number of rotatable bonds is 4. The zero-order valence-corrected chi connectivity index (χ0v) is 15.3. The molecule has 0 spiro atoms. The minimum absolute atomic E-state index is 0.167. The summed E-state index contributed by atoms with van der Waals surface area (Å²) in [7, 11) is 0. The average Bonchev–Trinajstić information content (AvgIpc) is 2.58. The number of carbonyl (C=O) groups is 1. The molecular weight excluding hydrogens is 314 g/mol. The molecule has 1 aliphatic rings. The Kier molecular flexibility index (Phi) is 5.35. The van der Waals surface area contributed by atoms with Crippen LogP contribution in [-0.2, 0) is 11.2 Å². The van der Waals surface area contributed by atoms with Crippen LogP contribution in [0.5, 0.6) is 0 Å². The van der Waals surface area contributed by atoms with Gasteiger partial charge in [-0.15, -0.1) is 0 Å². The number of benzene rings is 1. The maximum absolute atomic E-state index is 12.8. The zero-order valence-electron chi connectivity index (χ0n) is 15.3. The summed E-state index contributed by atoms with van der Waals surface area (Å²) in [6.45, 7) is 9.65. The van der Waals surface area contributed by atoms with Crippen LogP contribution in [0.1, 0.15) is 23.7 Å². The Morgan fingerprint density at radius 3 is 2.56 bits per heavy atom. The number of carbonyl (C=O) groups excluding carboxylic acids is 1. The first-order valence-corrected chi connectivity index (χ1v) is 8.98. The van der Waals surface area contributed by atoms with Crippen LogP contribution in [-0.4, -0.2) is 64.6 Å². The highest BCUT2D eigenvalue weighted by atomic mass is 16.3. The molecule has 134 valence electrons. The molecule has 25 heavy (non-hydrogen) atoms. The van der Waals surface area contributed by atoms with Crippen molar-refractivity contribution in [3.8, 4) is 0 Å². The van der Waals surface area contributed by atoms with Gasteiger partial charge in [0.25, 0.3) is 0 Å². The first-order valence-electron chi connectivity index (χ1n) is 8.98. The van der Waals surface area contributed by atoms with Crippen LogP contribution in [0.4, 0.5) is 0 Å². The number of piperazine rings is 1. The minimum Gasteiger partial charge on any atom is -0.392 e. The molecule has 1 N–H and O–H groups in total. The Labute approximate surface area is 149 Å².